The molecule has 1 aromatic heterocycles. The predicted octanol–water partition coefficient (Wildman–Crippen LogP) is 2.17. The van der Waals surface area contributed by atoms with Gasteiger partial charge >= 0.3 is 0 Å². The third-order valence-electron chi connectivity index (χ3n) is 2.06. The highest BCUT2D eigenvalue weighted by atomic mass is 32.1. The minimum atomic E-state index is 0.462. The van der Waals surface area contributed by atoms with Gasteiger partial charge in [0.1, 0.15) is 6.07 Å². The normalized spacial score (nSPS) is 9.93. The number of nitrogens with zero attached hydrogens (tertiary/aromatic N) is 1. The lowest BCUT2D eigenvalue weighted by atomic mass is 10.1. The maximum atomic E-state index is 10.6. The van der Waals surface area contributed by atoms with Crippen molar-refractivity contribution in [3.05, 3.63) is 28.6 Å². The molecule has 1 heterocycles. The quantitative estimate of drug-likeness (QED) is 0.569. The fourth-order valence-electron chi connectivity index (χ4n) is 1.32. The van der Waals surface area contributed by atoms with E-state index in [1.807, 2.05) is 0 Å². The standard InChI is InChI=1S/C10H6N2OS/c11-3-7-5-14-10-8(7)2-1-6(4-13)9(10)12/h1-2,4-5H,12H2. The van der Waals surface area contributed by atoms with Gasteiger partial charge in [0.25, 0.3) is 0 Å². The Bertz CT molecular complexity index is 551. The van der Waals surface area contributed by atoms with Gasteiger partial charge < -0.3 is 5.73 Å². The van der Waals surface area contributed by atoms with E-state index in [1.54, 1.807) is 17.5 Å². The van der Waals surface area contributed by atoms with Crippen LogP contribution in [-0.2, 0) is 0 Å². The van der Waals surface area contributed by atoms with Crippen molar-refractivity contribution in [3.63, 3.8) is 0 Å². The number of nitrogens with two attached hydrogens (primary N) is 1. The van der Waals surface area contributed by atoms with Crippen molar-refractivity contribution in [2.24, 2.45) is 0 Å². The van der Waals surface area contributed by atoms with E-state index in [4.69, 9.17) is 11.0 Å². The van der Waals surface area contributed by atoms with Crippen molar-refractivity contribution >= 4 is 33.4 Å². The Morgan fingerprint density at radius 2 is 2.29 bits per heavy atom. The van der Waals surface area contributed by atoms with Gasteiger partial charge in [0.2, 0.25) is 0 Å². The fraction of sp³-hybridized carbons (Fsp3) is 0. The summed E-state index contributed by atoms with van der Waals surface area (Å²) in [6.45, 7) is 0. The zero-order chi connectivity index (χ0) is 10.1. The van der Waals surface area contributed by atoms with Crippen molar-refractivity contribution < 1.29 is 4.79 Å². The predicted molar refractivity (Wildman–Crippen MR) is 56.3 cm³/mol. The van der Waals surface area contributed by atoms with Crippen molar-refractivity contribution in [1.82, 2.24) is 0 Å². The summed E-state index contributed by atoms with van der Waals surface area (Å²) in [5.41, 5.74) is 7.31. The van der Waals surface area contributed by atoms with E-state index in [2.05, 4.69) is 6.07 Å². The second-order valence-corrected chi connectivity index (χ2v) is 3.70. The van der Waals surface area contributed by atoms with Crippen LogP contribution in [0.1, 0.15) is 15.9 Å². The molecular weight excluding hydrogens is 196 g/mol. The van der Waals surface area contributed by atoms with Gasteiger partial charge in [-0.15, -0.1) is 11.3 Å². The Labute approximate surface area is 84.4 Å². The van der Waals surface area contributed by atoms with E-state index in [9.17, 15) is 4.79 Å². The van der Waals surface area contributed by atoms with Crippen LogP contribution in [0.5, 0.6) is 0 Å². The zero-order valence-electron chi connectivity index (χ0n) is 7.15. The Balaban J connectivity index is 2.87. The number of nitrogen functional groups attached to an aromatic ring is 1. The summed E-state index contributed by atoms with van der Waals surface area (Å²) < 4.78 is 0.811. The molecule has 0 atom stereocenters. The monoisotopic (exact) mass is 202 g/mol. The average molecular weight is 202 g/mol. The molecule has 0 aliphatic heterocycles. The SMILES string of the molecule is N#Cc1csc2c(N)c(C=O)ccc12. The lowest BCUT2D eigenvalue weighted by Crippen LogP contribution is -1.92. The molecule has 2 N–H and O–H groups in total. The number of hydrogen-bond donors (Lipinski definition) is 1. The zero-order valence-corrected chi connectivity index (χ0v) is 7.97. The molecule has 0 aliphatic carbocycles. The largest absolute Gasteiger partial charge is 0.397 e. The van der Waals surface area contributed by atoms with Crippen LogP contribution in [0.2, 0.25) is 0 Å². The minimum absolute atomic E-state index is 0.462. The smallest absolute Gasteiger partial charge is 0.152 e. The van der Waals surface area contributed by atoms with Gasteiger partial charge in [0.15, 0.2) is 6.29 Å². The molecule has 68 valence electrons. The number of anilines is 1. The van der Waals surface area contributed by atoms with E-state index in [0.717, 1.165) is 16.4 Å². The van der Waals surface area contributed by atoms with Gasteiger partial charge in [-0.3, -0.25) is 4.79 Å². The van der Waals surface area contributed by atoms with Crippen LogP contribution < -0.4 is 5.73 Å². The van der Waals surface area contributed by atoms with Gasteiger partial charge in [0, 0.05) is 16.3 Å². The highest BCUT2D eigenvalue weighted by Gasteiger charge is 2.08. The summed E-state index contributed by atoms with van der Waals surface area (Å²) in [5.74, 6) is 0. The summed E-state index contributed by atoms with van der Waals surface area (Å²) >= 11 is 1.39. The van der Waals surface area contributed by atoms with Crippen LogP contribution in [0, 0.1) is 11.3 Å². The van der Waals surface area contributed by atoms with Crippen LogP contribution in [0.3, 0.4) is 0 Å². The number of aldehydes is 1. The summed E-state index contributed by atoms with van der Waals surface area (Å²) in [6.07, 6.45) is 0.723. The number of carbonyl (C=O) groups excluding carboxylic acids is 1. The summed E-state index contributed by atoms with van der Waals surface area (Å²) in [7, 11) is 0. The number of nitriles is 1. The maximum Gasteiger partial charge on any atom is 0.152 e. The second kappa shape index (κ2) is 3.13. The third kappa shape index (κ3) is 1.07. The molecule has 1 aromatic carbocycles. The Morgan fingerprint density at radius 1 is 1.50 bits per heavy atom. The third-order valence-corrected chi connectivity index (χ3v) is 3.09. The highest BCUT2D eigenvalue weighted by Crippen LogP contribution is 2.31. The lowest BCUT2D eigenvalue weighted by molar-refractivity contribution is 0.112. The molecule has 0 saturated heterocycles. The van der Waals surface area contributed by atoms with Crippen LogP contribution in [0.25, 0.3) is 10.1 Å². The maximum absolute atomic E-state index is 10.6. The van der Waals surface area contributed by atoms with E-state index in [-0.39, 0.29) is 0 Å². The molecule has 0 bridgehead atoms. The van der Waals surface area contributed by atoms with Crippen LogP contribution >= 0.6 is 11.3 Å². The first-order valence-corrected chi connectivity index (χ1v) is 4.81. The van der Waals surface area contributed by atoms with Crippen LogP contribution in [-0.4, -0.2) is 6.29 Å². The van der Waals surface area contributed by atoms with Crippen molar-refractivity contribution in [1.29, 1.82) is 5.26 Å². The summed E-state index contributed by atoms with van der Waals surface area (Å²) in [6, 6.07) is 5.47. The molecule has 0 amide bonds. The lowest BCUT2D eigenvalue weighted by Gasteiger charge is -1.98. The van der Waals surface area contributed by atoms with Crippen molar-refractivity contribution in [2.45, 2.75) is 0 Å². The molecule has 0 unspecified atom stereocenters. The molecule has 0 fully saturated rings. The van der Waals surface area contributed by atoms with Gasteiger partial charge in [-0.05, 0) is 6.07 Å². The van der Waals surface area contributed by atoms with Crippen LogP contribution in [0.4, 0.5) is 5.69 Å². The number of rotatable bonds is 1. The number of thiophene rings is 1. The molecule has 0 spiro atoms. The molecule has 2 rings (SSSR count). The topological polar surface area (TPSA) is 66.9 Å². The summed E-state index contributed by atoms with van der Waals surface area (Å²) in [5, 5.41) is 11.4. The van der Waals surface area contributed by atoms with E-state index in [0.29, 0.717) is 16.8 Å². The molecule has 2 aromatic rings. The first-order chi connectivity index (χ1) is 6.77. The molecule has 3 nitrogen and oxygen atoms in total. The molecular formula is C10H6N2OS. The Kier molecular flexibility index (Phi) is 1.95. The van der Waals surface area contributed by atoms with Crippen LogP contribution in [0.15, 0.2) is 17.5 Å². The van der Waals surface area contributed by atoms with E-state index in [1.165, 1.54) is 11.3 Å². The number of hydrogen-bond acceptors (Lipinski definition) is 4. The fourth-order valence-corrected chi connectivity index (χ4v) is 2.29. The number of fused-ring (bicyclic) bond motifs is 1. The first kappa shape index (κ1) is 8.73. The van der Waals surface area contributed by atoms with Gasteiger partial charge in [0.05, 0.1) is 16.0 Å². The molecule has 0 aliphatic rings. The Hall–Kier alpha value is -1.86. The number of benzene rings is 1. The molecule has 4 heteroatoms. The molecule has 14 heavy (non-hydrogen) atoms. The van der Waals surface area contributed by atoms with Gasteiger partial charge in [-0.2, -0.15) is 5.26 Å². The minimum Gasteiger partial charge on any atom is -0.397 e. The summed E-state index contributed by atoms with van der Waals surface area (Å²) in [4.78, 5) is 10.6. The van der Waals surface area contributed by atoms with E-state index < -0.39 is 0 Å². The molecule has 0 saturated carbocycles. The van der Waals surface area contributed by atoms with Crippen molar-refractivity contribution in [3.8, 4) is 6.07 Å². The van der Waals surface area contributed by atoms with Gasteiger partial charge in [-0.1, -0.05) is 6.07 Å². The highest BCUT2D eigenvalue weighted by molar-refractivity contribution is 7.18. The number of carbonyl (C=O) groups is 1. The average Bonchev–Trinajstić information content (AvgIpc) is 2.62. The first-order valence-electron chi connectivity index (χ1n) is 3.93. The van der Waals surface area contributed by atoms with E-state index >= 15 is 0 Å². The van der Waals surface area contributed by atoms with Crippen molar-refractivity contribution in [2.75, 3.05) is 5.73 Å². The molecule has 0 radical (unpaired) electrons. The second-order valence-electron chi connectivity index (χ2n) is 2.82. The van der Waals surface area contributed by atoms with Gasteiger partial charge in [-0.25, -0.2) is 0 Å². The Morgan fingerprint density at radius 3 is 2.93 bits per heavy atom.